The van der Waals surface area contributed by atoms with Gasteiger partial charge in [0.1, 0.15) is 10.4 Å². The Labute approximate surface area is 87.0 Å². The summed E-state index contributed by atoms with van der Waals surface area (Å²) < 4.78 is -0.966. The minimum atomic E-state index is -0.966. The number of hydrogen-bond donors (Lipinski definition) is 1. The molecule has 1 unspecified atom stereocenters. The molecule has 2 atom stereocenters. The molecule has 1 aliphatic rings. The number of nitrogens with one attached hydrogen (secondary N) is 1. The van der Waals surface area contributed by atoms with Crippen molar-refractivity contribution in [1.82, 2.24) is 5.32 Å². The van der Waals surface area contributed by atoms with Gasteiger partial charge in [0.25, 0.3) is 0 Å². The van der Waals surface area contributed by atoms with Crippen LogP contribution in [0.2, 0.25) is 0 Å². The Bertz CT molecular complexity index is 284. The lowest BCUT2D eigenvalue weighted by molar-refractivity contribution is -0.126. The van der Waals surface area contributed by atoms with E-state index in [0.717, 1.165) is 0 Å². The Hall–Kier alpha value is -0.460. The minimum absolute atomic E-state index is 0.258. The summed E-state index contributed by atoms with van der Waals surface area (Å²) in [5.41, 5.74) is -0.735. The van der Waals surface area contributed by atoms with E-state index in [2.05, 4.69) is 5.32 Å². The lowest BCUT2D eigenvalue weighted by atomic mass is 10.1. The molecule has 0 aromatic carbocycles. The maximum Gasteiger partial charge on any atom is 0.230 e. The summed E-state index contributed by atoms with van der Waals surface area (Å²) in [7, 11) is 0. The summed E-state index contributed by atoms with van der Waals surface area (Å²) in [6.45, 7) is 3.29. The number of carbonyl (C=O) groups excluding carboxylic acids is 1. The summed E-state index contributed by atoms with van der Waals surface area (Å²) in [5, 5.41) is 11.0. The van der Waals surface area contributed by atoms with Crippen LogP contribution < -0.4 is 5.32 Å². The van der Waals surface area contributed by atoms with Crippen LogP contribution in [0, 0.1) is 16.7 Å². The highest BCUT2D eigenvalue weighted by atomic mass is 35.5. The molecule has 1 N–H and O–H groups in total. The maximum atomic E-state index is 11.5. The first-order valence-electron chi connectivity index (χ1n) is 3.92. The second-order valence-electron chi connectivity index (χ2n) is 3.54. The van der Waals surface area contributed by atoms with Crippen LogP contribution in [0.3, 0.4) is 0 Å². The van der Waals surface area contributed by atoms with Gasteiger partial charge in [0, 0.05) is 0 Å². The molecule has 1 saturated carbocycles. The van der Waals surface area contributed by atoms with E-state index in [0.29, 0.717) is 6.42 Å². The van der Waals surface area contributed by atoms with Crippen LogP contribution in [-0.2, 0) is 4.79 Å². The van der Waals surface area contributed by atoms with Crippen LogP contribution in [0.1, 0.15) is 20.3 Å². The van der Waals surface area contributed by atoms with Gasteiger partial charge in [-0.3, -0.25) is 4.79 Å². The van der Waals surface area contributed by atoms with Crippen molar-refractivity contribution in [3.63, 3.8) is 0 Å². The molecule has 0 bridgehead atoms. The Morgan fingerprint density at radius 2 is 2.15 bits per heavy atom. The van der Waals surface area contributed by atoms with Crippen LogP contribution >= 0.6 is 23.2 Å². The van der Waals surface area contributed by atoms with Crippen molar-refractivity contribution in [2.24, 2.45) is 5.41 Å². The molecular weight excluding hydrogens is 211 g/mol. The fourth-order valence-electron chi connectivity index (χ4n) is 1.03. The van der Waals surface area contributed by atoms with Gasteiger partial charge in [-0.15, -0.1) is 23.2 Å². The Kier molecular flexibility index (Phi) is 2.48. The highest BCUT2D eigenvalue weighted by Crippen LogP contribution is 2.63. The number of rotatable bonds is 2. The molecule has 5 heteroatoms. The third-order valence-corrected chi connectivity index (χ3v) is 3.40. The van der Waals surface area contributed by atoms with E-state index in [1.807, 2.05) is 6.07 Å². The standard InChI is InChI=1S/C8H10Cl2N2O/c1-5(3-11)12-6(13)7(2)4-8(7,9)10/h5H,4H2,1-2H3,(H,12,13)/t5-,7?/m1/s1. The summed E-state index contributed by atoms with van der Waals surface area (Å²) in [6.07, 6.45) is 0.438. The van der Waals surface area contributed by atoms with E-state index >= 15 is 0 Å². The second-order valence-corrected chi connectivity index (χ2v) is 5.02. The van der Waals surface area contributed by atoms with E-state index in [-0.39, 0.29) is 5.91 Å². The molecule has 1 amide bonds. The van der Waals surface area contributed by atoms with Gasteiger partial charge < -0.3 is 5.32 Å². The summed E-state index contributed by atoms with van der Waals surface area (Å²) in [5.74, 6) is -0.258. The number of hydrogen-bond acceptors (Lipinski definition) is 2. The van der Waals surface area contributed by atoms with Crippen LogP contribution in [0.5, 0.6) is 0 Å². The van der Waals surface area contributed by atoms with Gasteiger partial charge in [0.05, 0.1) is 11.5 Å². The van der Waals surface area contributed by atoms with Gasteiger partial charge in [-0.2, -0.15) is 5.26 Å². The monoisotopic (exact) mass is 220 g/mol. The largest absolute Gasteiger partial charge is 0.340 e. The Morgan fingerprint density at radius 1 is 1.69 bits per heavy atom. The highest BCUT2D eigenvalue weighted by molar-refractivity contribution is 6.53. The molecule has 0 aromatic rings. The number of amides is 1. The van der Waals surface area contributed by atoms with Crippen molar-refractivity contribution in [1.29, 1.82) is 5.26 Å². The van der Waals surface area contributed by atoms with E-state index in [1.165, 1.54) is 0 Å². The van der Waals surface area contributed by atoms with Crippen LogP contribution in [-0.4, -0.2) is 16.3 Å². The predicted octanol–water partition coefficient (Wildman–Crippen LogP) is 1.60. The molecule has 13 heavy (non-hydrogen) atoms. The topological polar surface area (TPSA) is 52.9 Å². The van der Waals surface area contributed by atoms with Crippen molar-refractivity contribution in [2.75, 3.05) is 0 Å². The molecule has 72 valence electrons. The van der Waals surface area contributed by atoms with Crippen molar-refractivity contribution in [2.45, 2.75) is 30.6 Å². The number of halogens is 2. The molecule has 0 aliphatic heterocycles. The van der Waals surface area contributed by atoms with Crippen LogP contribution in [0.15, 0.2) is 0 Å². The normalized spacial score (nSPS) is 31.6. The summed E-state index contributed by atoms with van der Waals surface area (Å²) in [6, 6.07) is 1.40. The SMILES string of the molecule is C[C@H](C#N)NC(=O)C1(C)CC1(Cl)Cl. The van der Waals surface area contributed by atoms with Crippen molar-refractivity contribution < 1.29 is 4.79 Å². The molecule has 0 spiro atoms. The van der Waals surface area contributed by atoms with Crippen molar-refractivity contribution in [3.05, 3.63) is 0 Å². The minimum Gasteiger partial charge on any atom is -0.340 e. The zero-order chi connectivity index (χ0) is 10.3. The van der Waals surface area contributed by atoms with Gasteiger partial charge in [0.2, 0.25) is 5.91 Å². The van der Waals surface area contributed by atoms with Crippen LogP contribution in [0.4, 0.5) is 0 Å². The second kappa shape index (κ2) is 3.04. The molecule has 0 aromatic heterocycles. The number of carbonyl (C=O) groups is 1. The molecule has 0 saturated heterocycles. The van der Waals surface area contributed by atoms with E-state index in [4.69, 9.17) is 28.5 Å². The maximum absolute atomic E-state index is 11.5. The molecule has 1 aliphatic carbocycles. The van der Waals surface area contributed by atoms with E-state index < -0.39 is 15.8 Å². The third kappa shape index (κ3) is 1.74. The number of nitriles is 1. The molecule has 1 rings (SSSR count). The Balaban J connectivity index is 2.58. The van der Waals surface area contributed by atoms with E-state index in [1.54, 1.807) is 13.8 Å². The zero-order valence-electron chi connectivity index (χ0n) is 7.40. The summed E-state index contributed by atoms with van der Waals surface area (Å²) in [4.78, 5) is 11.5. The fraction of sp³-hybridized carbons (Fsp3) is 0.750. The molecule has 0 radical (unpaired) electrons. The van der Waals surface area contributed by atoms with E-state index in [9.17, 15) is 4.79 Å². The van der Waals surface area contributed by atoms with Crippen molar-refractivity contribution in [3.8, 4) is 6.07 Å². The lowest BCUT2D eigenvalue weighted by Gasteiger charge is -2.13. The van der Waals surface area contributed by atoms with Crippen LogP contribution in [0.25, 0.3) is 0 Å². The summed E-state index contributed by atoms with van der Waals surface area (Å²) >= 11 is 11.6. The van der Waals surface area contributed by atoms with Gasteiger partial charge in [0.15, 0.2) is 0 Å². The van der Waals surface area contributed by atoms with Gasteiger partial charge in [-0.05, 0) is 20.3 Å². The number of alkyl halides is 2. The fourth-order valence-corrected chi connectivity index (χ4v) is 1.74. The smallest absolute Gasteiger partial charge is 0.230 e. The average molecular weight is 221 g/mol. The quantitative estimate of drug-likeness (QED) is 0.720. The average Bonchev–Trinajstić information content (AvgIpc) is 2.52. The third-order valence-electron chi connectivity index (χ3n) is 2.30. The zero-order valence-corrected chi connectivity index (χ0v) is 8.91. The lowest BCUT2D eigenvalue weighted by Crippen LogP contribution is -2.38. The Morgan fingerprint density at radius 3 is 2.46 bits per heavy atom. The first kappa shape index (κ1) is 10.6. The first-order valence-corrected chi connectivity index (χ1v) is 4.67. The molecule has 1 fully saturated rings. The number of nitrogens with zero attached hydrogens (tertiary/aromatic N) is 1. The van der Waals surface area contributed by atoms with Gasteiger partial charge in [-0.25, -0.2) is 0 Å². The molecular formula is C8H10Cl2N2O. The van der Waals surface area contributed by atoms with Gasteiger partial charge in [-0.1, -0.05) is 0 Å². The predicted molar refractivity (Wildman–Crippen MR) is 50.4 cm³/mol. The van der Waals surface area contributed by atoms with Gasteiger partial charge >= 0.3 is 0 Å². The van der Waals surface area contributed by atoms with Crippen molar-refractivity contribution >= 4 is 29.1 Å². The highest BCUT2D eigenvalue weighted by Gasteiger charge is 2.67. The first-order chi connectivity index (χ1) is 5.83. The molecule has 0 heterocycles. The molecule has 3 nitrogen and oxygen atoms in total.